The fraction of sp³-hybridized carbons (Fsp3) is 0.412. The van der Waals surface area contributed by atoms with Crippen LogP contribution in [0.25, 0.3) is 5.69 Å². The average molecular weight is 361 g/mol. The Morgan fingerprint density at radius 2 is 2.17 bits per heavy atom. The van der Waals surface area contributed by atoms with Crippen LogP contribution in [0.2, 0.25) is 0 Å². The van der Waals surface area contributed by atoms with E-state index in [1.807, 2.05) is 51.6 Å². The number of thioether (sulfide) groups is 1. The van der Waals surface area contributed by atoms with E-state index >= 15 is 0 Å². The van der Waals surface area contributed by atoms with Gasteiger partial charge in [0.15, 0.2) is 4.77 Å². The average Bonchev–Trinajstić information content (AvgIpc) is 3.03. The van der Waals surface area contributed by atoms with E-state index in [1.165, 1.54) is 0 Å². The third-order valence-corrected chi connectivity index (χ3v) is 6.20. The number of rotatable bonds is 2. The number of H-pyrrole nitrogens is 1. The summed E-state index contributed by atoms with van der Waals surface area (Å²) in [6, 6.07) is 10.0. The summed E-state index contributed by atoms with van der Waals surface area (Å²) in [6.45, 7) is 2.23. The number of carbonyl (C=O) groups excluding carboxylic acids is 1. The summed E-state index contributed by atoms with van der Waals surface area (Å²) in [5.41, 5.74) is 1.50. The maximum absolute atomic E-state index is 13.3. The van der Waals surface area contributed by atoms with Gasteiger partial charge in [-0.3, -0.25) is 9.36 Å². The van der Waals surface area contributed by atoms with Crippen molar-refractivity contribution in [2.45, 2.75) is 17.7 Å². The smallest absolute Gasteiger partial charge is 0.272 e. The van der Waals surface area contributed by atoms with Gasteiger partial charge in [0.05, 0.1) is 6.61 Å². The van der Waals surface area contributed by atoms with Gasteiger partial charge in [-0.1, -0.05) is 18.2 Å². The Balaban J connectivity index is 1.69. The Labute approximate surface area is 150 Å². The summed E-state index contributed by atoms with van der Waals surface area (Å²) < 4.78 is 7.95. The van der Waals surface area contributed by atoms with E-state index in [9.17, 15) is 4.79 Å². The van der Waals surface area contributed by atoms with E-state index < -0.39 is 0 Å². The first-order valence-electron chi connectivity index (χ1n) is 8.12. The number of nitrogens with one attached hydrogen (secondary N) is 1. The van der Waals surface area contributed by atoms with E-state index in [-0.39, 0.29) is 11.9 Å². The molecule has 2 fully saturated rings. The summed E-state index contributed by atoms with van der Waals surface area (Å²) in [7, 11) is 0. The molecule has 0 aliphatic carbocycles. The lowest BCUT2D eigenvalue weighted by Crippen LogP contribution is -2.54. The molecule has 0 bridgehead atoms. The highest BCUT2D eigenvalue weighted by atomic mass is 32.2. The summed E-state index contributed by atoms with van der Waals surface area (Å²) >= 11 is 7.32. The summed E-state index contributed by atoms with van der Waals surface area (Å²) in [4.78, 5) is 18.3. The van der Waals surface area contributed by atoms with Crippen LogP contribution in [0.3, 0.4) is 0 Å². The number of hydrogen-bond acceptors (Lipinski definition) is 4. The van der Waals surface area contributed by atoms with Crippen molar-refractivity contribution in [2.24, 2.45) is 0 Å². The number of hydrogen-bond donors (Lipinski definition) is 1. The van der Waals surface area contributed by atoms with Crippen LogP contribution in [-0.2, 0) is 4.74 Å². The molecule has 0 radical (unpaired) electrons. The number of para-hydroxylation sites is 1. The Morgan fingerprint density at radius 1 is 1.33 bits per heavy atom. The summed E-state index contributed by atoms with van der Waals surface area (Å²) in [5.74, 6) is 0.996. The molecule has 2 atom stereocenters. The third kappa shape index (κ3) is 2.81. The van der Waals surface area contributed by atoms with Crippen molar-refractivity contribution in [3.63, 3.8) is 0 Å². The predicted octanol–water partition coefficient (Wildman–Crippen LogP) is 2.88. The van der Waals surface area contributed by atoms with Gasteiger partial charge in [-0.15, -0.1) is 0 Å². The van der Waals surface area contributed by atoms with Crippen molar-refractivity contribution in [1.82, 2.24) is 14.5 Å². The molecule has 5 nitrogen and oxygen atoms in total. The molecule has 2 saturated heterocycles. The molecule has 0 unspecified atom stereocenters. The molecule has 7 heteroatoms. The largest absolute Gasteiger partial charge is 0.380 e. The van der Waals surface area contributed by atoms with Gasteiger partial charge in [0.1, 0.15) is 5.69 Å². The number of ether oxygens (including phenoxy) is 1. The van der Waals surface area contributed by atoms with Gasteiger partial charge in [0.25, 0.3) is 5.91 Å². The topological polar surface area (TPSA) is 50.3 Å². The van der Waals surface area contributed by atoms with E-state index in [4.69, 9.17) is 17.0 Å². The molecule has 1 aromatic carbocycles. The fourth-order valence-electron chi connectivity index (χ4n) is 3.44. The SMILES string of the molecule is O=C(c1c[nH]c(=S)n1-c1ccccc1)N1CCS[C@H]2COCC[C@H]21. The fourth-order valence-corrected chi connectivity index (χ4v) is 5.01. The van der Waals surface area contributed by atoms with Crippen molar-refractivity contribution >= 4 is 29.9 Å². The molecule has 1 N–H and O–H groups in total. The number of aromatic nitrogens is 2. The van der Waals surface area contributed by atoms with Crippen LogP contribution in [0.5, 0.6) is 0 Å². The normalized spacial score (nSPS) is 23.8. The second kappa shape index (κ2) is 6.74. The van der Waals surface area contributed by atoms with Crippen LogP contribution in [0.15, 0.2) is 36.5 Å². The van der Waals surface area contributed by atoms with Crippen molar-refractivity contribution < 1.29 is 9.53 Å². The molecule has 4 rings (SSSR count). The summed E-state index contributed by atoms with van der Waals surface area (Å²) in [6.07, 6.45) is 2.63. The van der Waals surface area contributed by atoms with Gasteiger partial charge >= 0.3 is 0 Å². The number of nitrogens with zero attached hydrogens (tertiary/aromatic N) is 2. The first-order valence-corrected chi connectivity index (χ1v) is 9.57. The zero-order chi connectivity index (χ0) is 16.5. The standard InChI is InChI=1S/C17H19N3O2S2/c21-16(19-7-9-24-15-11-22-8-6-13(15)19)14-10-18-17(23)20(14)12-4-2-1-3-5-12/h1-5,10,13,15H,6-9,11H2,(H,18,23)/t13-,15+/m1/s1. The number of aromatic amines is 1. The maximum atomic E-state index is 13.3. The van der Waals surface area contributed by atoms with Gasteiger partial charge < -0.3 is 14.6 Å². The van der Waals surface area contributed by atoms with Crippen molar-refractivity contribution in [1.29, 1.82) is 0 Å². The van der Waals surface area contributed by atoms with Crippen LogP contribution in [-0.4, -0.2) is 57.2 Å². The number of fused-ring (bicyclic) bond motifs is 1. The molecule has 2 aliphatic heterocycles. The molecule has 3 heterocycles. The minimum absolute atomic E-state index is 0.0448. The van der Waals surface area contributed by atoms with Crippen molar-refractivity contribution in [3.05, 3.63) is 47.0 Å². The zero-order valence-corrected chi connectivity index (χ0v) is 14.8. The zero-order valence-electron chi connectivity index (χ0n) is 13.2. The van der Waals surface area contributed by atoms with Crippen LogP contribution in [0.4, 0.5) is 0 Å². The first kappa shape index (κ1) is 15.9. The lowest BCUT2D eigenvalue weighted by molar-refractivity contribution is 0.0314. The Hall–Kier alpha value is -1.57. The quantitative estimate of drug-likeness (QED) is 0.836. The van der Waals surface area contributed by atoms with Gasteiger partial charge in [0, 0.05) is 42.1 Å². The molecule has 1 amide bonds. The number of amides is 1. The van der Waals surface area contributed by atoms with Gasteiger partial charge in [-0.2, -0.15) is 11.8 Å². The number of imidazole rings is 1. The first-order chi connectivity index (χ1) is 11.8. The van der Waals surface area contributed by atoms with E-state index in [0.29, 0.717) is 15.7 Å². The van der Waals surface area contributed by atoms with Crippen LogP contribution in [0.1, 0.15) is 16.9 Å². The predicted molar refractivity (Wildman–Crippen MR) is 97.5 cm³/mol. The lowest BCUT2D eigenvalue weighted by Gasteiger charge is -2.43. The van der Waals surface area contributed by atoms with Gasteiger partial charge in [0.2, 0.25) is 0 Å². The summed E-state index contributed by atoms with van der Waals surface area (Å²) in [5, 5.41) is 0.378. The molecule has 1 aromatic heterocycles. The minimum Gasteiger partial charge on any atom is -0.380 e. The Kier molecular flexibility index (Phi) is 4.47. The monoisotopic (exact) mass is 361 g/mol. The van der Waals surface area contributed by atoms with Gasteiger partial charge in [-0.05, 0) is 30.8 Å². The highest BCUT2D eigenvalue weighted by Crippen LogP contribution is 2.31. The molecule has 2 aromatic rings. The van der Waals surface area contributed by atoms with Crippen LogP contribution >= 0.6 is 24.0 Å². The second-order valence-corrected chi connectivity index (χ2v) is 7.72. The Bertz CT molecular complexity index is 785. The molecule has 24 heavy (non-hydrogen) atoms. The molecular formula is C17H19N3O2S2. The van der Waals surface area contributed by atoms with E-state index in [1.54, 1.807) is 6.20 Å². The van der Waals surface area contributed by atoms with Gasteiger partial charge in [-0.25, -0.2) is 0 Å². The van der Waals surface area contributed by atoms with Crippen LogP contribution < -0.4 is 0 Å². The molecule has 2 aliphatic rings. The van der Waals surface area contributed by atoms with E-state index in [0.717, 1.165) is 37.6 Å². The molecule has 0 spiro atoms. The second-order valence-electron chi connectivity index (χ2n) is 5.99. The third-order valence-electron chi connectivity index (χ3n) is 4.60. The number of carbonyl (C=O) groups is 1. The molecule has 0 saturated carbocycles. The van der Waals surface area contributed by atoms with Crippen molar-refractivity contribution in [2.75, 3.05) is 25.5 Å². The Morgan fingerprint density at radius 3 is 3.00 bits per heavy atom. The molecule has 126 valence electrons. The highest BCUT2D eigenvalue weighted by Gasteiger charge is 2.38. The lowest BCUT2D eigenvalue weighted by atomic mass is 10.1. The highest BCUT2D eigenvalue weighted by molar-refractivity contribution is 8.00. The number of benzene rings is 1. The van der Waals surface area contributed by atoms with Crippen molar-refractivity contribution in [3.8, 4) is 5.69 Å². The van der Waals surface area contributed by atoms with Crippen LogP contribution in [0, 0.1) is 4.77 Å². The molecular weight excluding hydrogens is 342 g/mol. The maximum Gasteiger partial charge on any atom is 0.272 e. The minimum atomic E-state index is 0.0448. The van der Waals surface area contributed by atoms with E-state index in [2.05, 4.69) is 4.98 Å².